The van der Waals surface area contributed by atoms with E-state index in [-0.39, 0.29) is 18.1 Å². The van der Waals surface area contributed by atoms with Crippen LogP contribution in [0.25, 0.3) is 0 Å². The molecular formula is C19H28N6O3. The van der Waals surface area contributed by atoms with Crippen LogP contribution in [0.15, 0.2) is 30.9 Å². The minimum Gasteiger partial charge on any atom is -0.388 e. The Balaban J connectivity index is 1.30. The molecule has 2 aliphatic heterocycles. The van der Waals surface area contributed by atoms with Crippen molar-refractivity contribution in [2.24, 2.45) is 0 Å². The number of carbonyl (C=O) groups is 1. The molecule has 1 amide bonds. The molecule has 2 fully saturated rings. The molecule has 4 rings (SSSR count). The van der Waals surface area contributed by atoms with Crippen LogP contribution in [0.1, 0.15) is 32.0 Å². The molecule has 9 nitrogen and oxygen atoms in total. The smallest absolute Gasteiger partial charge is 0.242 e. The molecular weight excluding hydrogens is 360 g/mol. The van der Waals surface area contributed by atoms with Crippen molar-refractivity contribution in [3.05, 3.63) is 36.7 Å². The summed E-state index contributed by atoms with van der Waals surface area (Å²) in [6, 6.07) is 1.34. The predicted molar refractivity (Wildman–Crippen MR) is 101 cm³/mol. The average Bonchev–Trinajstić information content (AvgIpc) is 3.33. The third kappa shape index (κ3) is 4.26. The van der Waals surface area contributed by atoms with Gasteiger partial charge in [-0.3, -0.25) is 14.4 Å². The number of ether oxygens (including phenoxy) is 1. The summed E-state index contributed by atoms with van der Waals surface area (Å²) in [6.07, 6.45) is 9.21. The van der Waals surface area contributed by atoms with Crippen LogP contribution < -0.4 is 5.32 Å². The lowest BCUT2D eigenvalue weighted by molar-refractivity contribution is -0.189. The molecule has 0 bridgehead atoms. The van der Waals surface area contributed by atoms with Gasteiger partial charge in [0.2, 0.25) is 5.91 Å². The Morgan fingerprint density at radius 2 is 2.25 bits per heavy atom. The van der Waals surface area contributed by atoms with Gasteiger partial charge >= 0.3 is 0 Å². The zero-order chi connectivity index (χ0) is 19.6. The number of piperidine rings is 1. The van der Waals surface area contributed by atoms with Gasteiger partial charge in [0, 0.05) is 44.3 Å². The first-order chi connectivity index (χ1) is 13.4. The molecule has 0 saturated carbocycles. The van der Waals surface area contributed by atoms with Crippen molar-refractivity contribution >= 4 is 5.91 Å². The topological polar surface area (TPSA) is 108 Å². The van der Waals surface area contributed by atoms with Crippen molar-refractivity contribution in [1.29, 1.82) is 0 Å². The maximum absolute atomic E-state index is 12.3. The highest BCUT2D eigenvalue weighted by Crippen LogP contribution is 2.39. The maximum atomic E-state index is 12.3. The number of H-pyrrole nitrogens is 1. The largest absolute Gasteiger partial charge is 0.388 e. The quantitative estimate of drug-likeness (QED) is 0.680. The minimum absolute atomic E-state index is 0.131. The second-order valence-electron chi connectivity index (χ2n) is 8.16. The zero-order valence-corrected chi connectivity index (χ0v) is 16.2. The number of aliphatic hydroxyl groups is 1. The van der Waals surface area contributed by atoms with Gasteiger partial charge < -0.3 is 20.1 Å². The van der Waals surface area contributed by atoms with Crippen molar-refractivity contribution in [1.82, 2.24) is 30.0 Å². The van der Waals surface area contributed by atoms with E-state index in [4.69, 9.17) is 4.74 Å². The van der Waals surface area contributed by atoms with E-state index in [1.807, 2.05) is 6.20 Å². The second-order valence-corrected chi connectivity index (χ2v) is 8.16. The van der Waals surface area contributed by atoms with Crippen molar-refractivity contribution in [3.8, 4) is 0 Å². The molecule has 2 aliphatic rings. The number of aromatic nitrogens is 4. The molecule has 28 heavy (non-hydrogen) atoms. The van der Waals surface area contributed by atoms with E-state index >= 15 is 0 Å². The maximum Gasteiger partial charge on any atom is 0.242 e. The van der Waals surface area contributed by atoms with Gasteiger partial charge in [-0.05, 0) is 25.8 Å². The molecule has 0 aliphatic carbocycles. The molecule has 4 heterocycles. The number of hydrogen-bond acceptors (Lipinski definition) is 6. The molecule has 2 aromatic heterocycles. The fourth-order valence-electron chi connectivity index (χ4n) is 4.28. The van der Waals surface area contributed by atoms with Gasteiger partial charge in [0.05, 0.1) is 30.4 Å². The summed E-state index contributed by atoms with van der Waals surface area (Å²) in [6.45, 7) is 4.83. The fourth-order valence-corrected chi connectivity index (χ4v) is 4.28. The molecule has 2 saturated heterocycles. The lowest BCUT2D eigenvalue weighted by atomic mass is 9.75. The Hall–Kier alpha value is -2.23. The lowest BCUT2D eigenvalue weighted by Crippen LogP contribution is -2.64. The van der Waals surface area contributed by atoms with Crippen molar-refractivity contribution < 1.29 is 14.6 Å². The number of amides is 1. The Morgan fingerprint density at radius 1 is 1.43 bits per heavy atom. The fraction of sp³-hybridized carbons (Fsp3) is 0.632. The van der Waals surface area contributed by atoms with Gasteiger partial charge in [-0.1, -0.05) is 0 Å². The van der Waals surface area contributed by atoms with Gasteiger partial charge in [0.25, 0.3) is 0 Å². The standard InChI is InChI=1S/C19H28N6O3/c1-18(27)14-19(3-9-24(10-4-19)11-16-20-6-7-21-16)28-13-15(18)23-17(26)12-25-8-2-5-22-25/h2,5-8,15,27H,3-4,9-14H2,1H3,(H,20,21)(H,23,26)/t15-,18-/m0/s1. The summed E-state index contributed by atoms with van der Waals surface area (Å²) in [4.78, 5) is 22.0. The van der Waals surface area contributed by atoms with Crippen LogP contribution in [0, 0.1) is 0 Å². The highest BCUT2D eigenvalue weighted by molar-refractivity contribution is 5.76. The lowest BCUT2D eigenvalue weighted by Gasteiger charge is -2.51. The summed E-state index contributed by atoms with van der Waals surface area (Å²) < 4.78 is 7.79. The number of rotatable bonds is 5. The molecule has 2 atom stereocenters. The SMILES string of the molecule is C[C@]1(O)CC2(CCN(Cc3ncc[nH]3)CC2)OC[C@@H]1NC(=O)Cn1cccn1. The van der Waals surface area contributed by atoms with Crippen LogP contribution in [0.5, 0.6) is 0 Å². The molecule has 0 aromatic carbocycles. The minimum atomic E-state index is -1.01. The van der Waals surface area contributed by atoms with Gasteiger partial charge in [-0.25, -0.2) is 4.98 Å². The molecule has 2 aromatic rings. The van der Waals surface area contributed by atoms with Crippen molar-refractivity contribution in [2.45, 2.75) is 56.5 Å². The van der Waals surface area contributed by atoms with E-state index in [1.165, 1.54) is 0 Å². The van der Waals surface area contributed by atoms with E-state index in [9.17, 15) is 9.90 Å². The van der Waals surface area contributed by atoms with Gasteiger partial charge in [-0.15, -0.1) is 0 Å². The highest BCUT2D eigenvalue weighted by atomic mass is 16.5. The number of nitrogens with one attached hydrogen (secondary N) is 2. The third-order valence-corrected chi connectivity index (χ3v) is 5.88. The van der Waals surface area contributed by atoms with Crippen LogP contribution in [0.3, 0.4) is 0 Å². The summed E-state index contributed by atoms with van der Waals surface area (Å²) >= 11 is 0. The summed E-state index contributed by atoms with van der Waals surface area (Å²) in [5.41, 5.74) is -1.34. The third-order valence-electron chi connectivity index (χ3n) is 5.88. The Labute approximate surface area is 164 Å². The van der Waals surface area contributed by atoms with Crippen LogP contribution in [0.4, 0.5) is 0 Å². The second kappa shape index (κ2) is 7.65. The highest BCUT2D eigenvalue weighted by Gasteiger charge is 2.49. The van der Waals surface area contributed by atoms with E-state index < -0.39 is 11.6 Å². The first kappa shape index (κ1) is 19.1. The monoisotopic (exact) mass is 388 g/mol. The van der Waals surface area contributed by atoms with Gasteiger partial charge in [-0.2, -0.15) is 5.10 Å². The Bertz CT molecular complexity index is 766. The molecule has 1 spiro atoms. The van der Waals surface area contributed by atoms with E-state index in [1.54, 1.807) is 36.3 Å². The van der Waals surface area contributed by atoms with Crippen molar-refractivity contribution in [3.63, 3.8) is 0 Å². The first-order valence-corrected chi connectivity index (χ1v) is 9.78. The molecule has 9 heteroatoms. The van der Waals surface area contributed by atoms with E-state index in [0.717, 1.165) is 38.3 Å². The van der Waals surface area contributed by atoms with Gasteiger partial charge in [0.15, 0.2) is 0 Å². The van der Waals surface area contributed by atoms with E-state index in [2.05, 4.69) is 25.3 Å². The number of hydrogen-bond donors (Lipinski definition) is 3. The average molecular weight is 388 g/mol. The molecule has 0 radical (unpaired) electrons. The molecule has 0 unspecified atom stereocenters. The number of carbonyl (C=O) groups excluding carboxylic acids is 1. The summed E-state index contributed by atoms with van der Waals surface area (Å²) in [7, 11) is 0. The summed E-state index contributed by atoms with van der Waals surface area (Å²) in [5, 5.41) is 18.0. The van der Waals surface area contributed by atoms with Gasteiger partial charge in [0.1, 0.15) is 12.4 Å². The number of likely N-dealkylation sites (tertiary alicyclic amines) is 1. The normalized spacial score (nSPS) is 27.7. The van der Waals surface area contributed by atoms with E-state index in [0.29, 0.717) is 13.0 Å². The predicted octanol–water partition coefficient (Wildman–Crippen LogP) is 0.297. The van der Waals surface area contributed by atoms with Crippen LogP contribution in [0.2, 0.25) is 0 Å². The Morgan fingerprint density at radius 3 is 2.89 bits per heavy atom. The Kier molecular flexibility index (Phi) is 5.22. The number of aromatic amines is 1. The summed E-state index contributed by atoms with van der Waals surface area (Å²) in [5.74, 6) is 0.786. The number of imidazole rings is 1. The zero-order valence-electron chi connectivity index (χ0n) is 16.2. The van der Waals surface area contributed by atoms with Crippen molar-refractivity contribution in [2.75, 3.05) is 19.7 Å². The molecule has 152 valence electrons. The van der Waals surface area contributed by atoms with Crippen LogP contribution in [-0.4, -0.2) is 72.6 Å². The van der Waals surface area contributed by atoms with Crippen LogP contribution >= 0.6 is 0 Å². The first-order valence-electron chi connectivity index (χ1n) is 9.78. The van der Waals surface area contributed by atoms with Crippen LogP contribution in [-0.2, 0) is 22.6 Å². The number of nitrogens with zero attached hydrogens (tertiary/aromatic N) is 4. The molecule has 3 N–H and O–H groups in total.